The highest BCUT2D eigenvalue weighted by Crippen LogP contribution is 2.23. The van der Waals surface area contributed by atoms with Gasteiger partial charge >= 0.3 is 0 Å². The minimum atomic E-state index is -0.465. The van der Waals surface area contributed by atoms with E-state index in [0.717, 1.165) is 0 Å². The molecule has 0 saturated heterocycles. The number of amides is 1. The van der Waals surface area contributed by atoms with E-state index in [1.54, 1.807) is 18.2 Å². The zero-order chi connectivity index (χ0) is 14.7. The summed E-state index contributed by atoms with van der Waals surface area (Å²) in [6.07, 6.45) is 5.75. The van der Waals surface area contributed by atoms with Gasteiger partial charge in [0, 0.05) is 18.5 Å². The van der Waals surface area contributed by atoms with Crippen LogP contribution in [0.3, 0.4) is 0 Å². The maximum Gasteiger partial charge on any atom is 0.254 e. The van der Waals surface area contributed by atoms with Crippen LogP contribution >= 0.6 is 0 Å². The Morgan fingerprint density at radius 1 is 1.45 bits per heavy atom. The fourth-order valence-corrected chi connectivity index (χ4v) is 2.38. The van der Waals surface area contributed by atoms with Gasteiger partial charge in [-0.25, -0.2) is 0 Å². The summed E-state index contributed by atoms with van der Waals surface area (Å²) in [6, 6.07) is -0.465. The van der Waals surface area contributed by atoms with E-state index in [9.17, 15) is 14.4 Å². The van der Waals surface area contributed by atoms with Crippen molar-refractivity contribution in [2.24, 2.45) is 0 Å². The molecule has 1 unspecified atom stereocenters. The Labute approximate surface area is 117 Å². The lowest BCUT2D eigenvalue weighted by atomic mass is 9.92. The van der Waals surface area contributed by atoms with Crippen molar-refractivity contribution in [3.63, 3.8) is 0 Å². The van der Waals surface area contributed by atoms with E-state index in [-0.39, 0.29) is 23.9 Å². The lowest BCUT2D eigenvalue weighted by Gasteiger charge is -2.29. The van der Waals surface area contributed by atoms with Crippen LogP contribution in [0, 0.1) is 0 Å². The molecule has 0 bridgehead atoms. The predicted molar refractivity (Wildman–Crippen MR) is 72.7 cm³/mol. The SMILES string of the molecule is C=C(/C=C\C1=CCN(C2CCC(=O)CC2=O)C1=O)OC. The van der Waals surface area contributed by atoms with Crippen LogP contribution in [0.5, 0.6) is 0 Å². The molecule has 2 rings (SSSR count). The lowest BCUT2D eigenvalue weighted by molar-refractivity contribution is -0.140. The van der Waals surface area contributed by atoms with E-state index in [1.165, 1.54) is 12.0 Å². The highest BCUT2D eigenvalue weighted by molar-refractivity contribution is 6.07. The fraction of sp³-hybridized carbons (Fsp3) is 0.400. The number of ether oxygens (including phenoxy) is 1. The standard InChI is InChI=1S/C15H17NO4/c1-10(20-2)3-4-11-7-8-16(15(11)19)13-6-5-12(17)9-14(13)18/h3-4,7,13H,1,5-6,8-9H2,2H3/b4-3-. The Balaban J connectivity index is 2.03. The van der Waals surface area contributed by atoms with Crippen LogP contribution in [0.2, 0.25) is 0 Å². The molecule has 1 amide bonds. The van der Waals surface area contributed by atoms with Crippen molar-refractivity contribution in [2.75, 3.05) is 13.7 Å². The topological polar surface area (TPSA) is 63.7 Å². The van der Waals surface area contributed by atoms with Gasteiger partial charge in [0.2, 0.25) is 0 Å². The van der Waals surface area contributed by atoms with Crippen molar-refractivity contribution in [3.05, 3.63) is 36.1 Å². The molecule has 1 saturated carbocycles. The summed E-state index contributed by atoms with van der Waals surface area (Å²) in [6.45, 7) is 4.04. The first-order chi connectivity index (χ1) is 9.52. The lowest BCUT2D eigenvalue weighted by Crippen LogP contribution is -2.46. The Bertz CT molecular complexity index is 530. The molecular weight excluding hydrogens is 258 g/mol. The molecule has 0 aromatic carbocycles. The number of nitrogens with zero attached hydrogens (tertiary/aromatic N) is 1. The second-order valence-electron chi connectivity index (χ2n) is 4.86. The van der Waals surface area contributed by atoms with Crippen molar-refractivity contribution in [2.45, 2.75) is 25.3 Å². The first kappa shape index (κ1) is 14.2. The van der Waals surface area contributed by atoms with E-state index in [2.05, 4.69) is 6.58 Å². The maximum absolute atomic E-state index is 12.2. The molecule has 106 valence electrons. The number of allylic oxidation sites excluding steroid dienone is 1. The third-order valence-electron chi connectivity index (χ3n) is 3.54. The summed E-state index contributed by atoms with van der Waals surface area (Å²) in [4.78, 5) is 36.8. The number of carbonyl (C=O) groups is 3. The van der Waals surface area contributed by atoms with Crippen molar-refractivity contribution >= 4 is 17.5 Å². The van der Waals surface area contributed by atoms with E-state index in [1.807, 2.05) is 0 Å². The quantitative estimate of drug-likeness (QED) is 0.439. The molecule has 1 atom stereocenters. The largest absolute Gasteiger partial charge is 0.497 e. The van der Waals surface area contributed by atoms with Crippen molar-refractivity contribution in [1.29, 1.82) is 0 Å². The summed E-state index contributed by atoms with van der Waals surface area (Å²) >= 11 is 0. The van der Waals surface area contributed by atoms with Crippen LogP contribution in [-0.4, -0.2) is 42.1 Å². The van der Waals surface area contributed by atoms with Crippen LogP contribution in [0.1, 0.15) is 19.3 Å². The van der Waals surface area contributed by atoms with Crippen LogP contribution in [0.15, 0.2) is 36.1 Å². The predicted octanol–water partition coefficient (Wildman–Crippen LogP) is 1.16. The summed E-state index contributed by atoms with van der Waals surface area (Å²) in [5.74, 6) is 0.0752. The van der Waals surface area contributed by atoms with Gasteiger partial charge in [0.15, 0.2) is 5.78 Å². The molecule has 0 N–H and O–H groups in total. The number of Topliss-reactive ketones (excluding diaryl/α,β-unsaturated/α-hetero) is 2. The number of ketones is 2. The Hall–Kier alpha value is -2.17. The van der Waals surface area contributed by atoms with Crippen LogP contribution in [0.25, 0.3) is 0 Å². The Morgan fingerprint density at radius 3 is 2.85 bits per heavy atom. The minimum absolute atomic E-state index is 0.0395. The summed E-state index contributed by atoms with van der Waals surface area (Å²) in [5, 5.41) is 0. The zero-order valence-electron chi connectivity index (χ0n) is 11.4. The van der Waals surface area contributed by atoms with Gasteiger partial charge in [-0.15, -0.1) is 0 Å². The van der Waals surface area contributed by atoms with Crippen molar-refractivity contribution in [1.82, 2.24) is 4.90 Å². The number of hydrogen-bond acceptors (Lipinski definition) is 4. The first-order valence-corrected chi connectivity index (χ1v) is 6.49. The van der Waals surface area contributed by atoms with Crippen LogP contribution < -0.4 is 0 Å². The minimum Gasteiger partial charge on any atom is -0.497 e. The first-order valence-electron chi connectivity index (χ1n) is 6.49. The van der Waals surface area contributed by atoms with E-state index >= 15 is 0 Å². The normalized spacial score (nSPS) is 23.4. The number of carbonyl (C=O) groups excluding carboxylic acids is 3. The highest BCUT2D eigenvalue weighted by atomic mass is 16.5. The molecule has 0 aromatic rings. The molecule has 5 nitrogen and oxygen atoms in total. The Morgan fingerprint density at radius 2 is 2.20 bits per heavy atom. The van der Waals surface area contributed by atoms with E-state index in [0.29, 0.717) is 30.7 Å². The number of methoxy groups -OCH3 is 1. The molecule has 1 aliphatic heterocycles. The fourth-order valence-electron chi connectivity index (χ4n) is 2.38. The second-order valence-corrected chi connectivity index (χ2v) is 4.86. The van der Waals surface area contributed by atoms with E-state index in [4.69, 9.17) is 4.74 Å². The van der Waals surface area contributed by atoms with Gasteiger partial charge in [-0.3, -0.25) is 14.4 Å². The number of rotatable bonds is 4. The third kappa shape index (κ3) is 2.87. The van der Waals surface area contributed by atoms with Gasteiger partial charge in [-0.2, -0.15) is 0 Å². The van der Waals surface area contributed by atoms with Gasteiger partial charge in [0.25, 0.3) is 5.91 Å². The highest BCUT2D eigenvalue weighted by Gasteiger charge is 2.36. The number of hydrogen-bond donors (Lipinski definition) is 0. The smallest absolute Gasteiger partial charge is 0.254 e. The average Bonchev–Trinajstić information content (AvgIpc) is 2.77. The monoisotopic (exact) mass is 275 g/mol. The van der Waals surface area contributed by atoms with Crippen LogP contribution in [-0.2, 0) is 19.1 Å². The van der Waals surface area contributed by atoms with Crippen molar-refractivity contribution in [3.8, 4) is 0 Å². The molecule has 20 heavy (non-hydrogen) atoms. The maximum atomic E-state index is 12.2. The van der Waals surface area contributed by atoms with E-state index < -0.39 is 6.04 Å². The molecule has 1 fully saturated rings. The molecule has 0 aromatic heterocycles. The Kier molecular flexibility index (Phi) is 4.17. The van der Waals surface area contributed by atoms with Gasteiger partial charge in [0.1, 0.15) is 11.5 Å². The van der Waals surface area contributed by atoms with Gasteiger partial charge < -0.3 is 9.64 Å². The molecule has 0 radical (unpaired) electrons. The molecule has 1 aliphatic carbocycles. The van der Waals surface area contributed by atoms with Crippen molar-refractivity contribution < 1.29 is 19.1 Å². The summed E-state index contributed by atoms with van der Waals surface area (Å²) in [5.41, 5.74) is 0.521. The van der Waals surface area contributed by atoms with Gasteiger partial charge in [-0.1, -0.05) is 12.7 Å². The molecule has 5 heteroatoms. The average molecular weight is 275 g/mol. The molecule has 0 spiro atoms. The second kappa shape index (κ2) is 5.86. The summed E-state index contributed by atoms with van der Waals surface area (Å²) in [7, 11) is 1.50. The van der Waals surface area contributed by atoms with Gasteiger partial charge in [-0.05, 0) is 18.6 Å². The van der Waals surface area contributed by atoms with Crippen LogP contribution in [0.4, 0.5) is 0 Å². The van der Waals surface area contributed by atoms with Gasteiger partial charge in [0.05, 0.1) is 19.6 Å². The molecule has 2 aliphatic rings. The molecule has 1 heterocycles. The zero-order valence-corrected chi connectivity index (χ0v) is 11.4. The summed E-state index contributed by atoms with van der Waals surface area (Å²) < 4.78 is 4.89. The third-order valence-corrected chi connectivity index (χ3v) is 3.54. The molecular formula is C15H17NO4.